The number of nitrogens with one attached hydrogen (secondary N) is 1. The van der Waals surface area contributed by atoms with E-state index in [0.717, 1.165) is 22.6 Å². The maximum Gasteiger partial charge on any atom is 0.357 e. The highest BCUT2D eigenvalue weighted by molar-refractivity contribution is 7.14. The molecule has 3 rings (SSSR count). The highest BCUT2D eigenvalue weighted by Gasteiger charge is 2.35. The van der Waals surface area contributed by atoms with Crippen molar-refractivity contribution in [3.63, 3.8) is 0 Å². The minimum atomic E-state index is -0.522. The Kier molecular flexibility index (Phi) is 5.32. The highest BCUT2D eigenvalue weighted by Crippen LogP contribution is 2.27. The lowest BCUT2D eigenvalue weighted by Gasteiger charge is -2.16. The van der Waals surface area contributed by atoms with E-state index in [-0.39, 0.29) is 30.5 Å². The van der Waals surface area contributed by atoms with Crippen LogP contribution in [0.15, 0.2) is 29.6 Å². The number of carbonyl (C=O) groups excluding carboxylic acids is 3. The number of hydrogen-bond donors (Lipinski definition) is 1. The number of hydrogen-bond acceptors (Lipinski definition) is 6. The van der Waals surface area contributed by atoms with Gasteiger partial charge in [0.25, 0.3) is 0 Å². The second kappa shape index (κ2) is 7.65. The number of anilines is 2. The van der Waals surface area contributed by atoms with Crippen molar-refractivity contribution in [2.45, 2.75) is 20.3 Å². The van der Waals surface area contributed by atoms with Gasteiger partial charge in [-0.2, -0.15) is 0 Å². The second-order valence-electron chi connectivity index (χ2n) is 5.99. The number of aromatic nitrogens is 1. The smallest absolute Gasteiger partial charge is 0.357 e. The average molecular weight is 373 g/mol. The Morgan fingerprint density at radius 1 is 1.35 bits per heavy atom. The molecule has 2 heterocycles. The van der Waals surface area contributed by atoms with Crippen LogP contribution in [0.2, 0.25) is 0 Å². The topological polar surface area (TPSA) is 88.6 Å². The first-order valence-corrected chi connectivity index (χ1v) is 9.16. The third-order valence-electron chi connectivity index (χ3n) is 4.06. The molecule has 0 radical (unpaired) electrons. The average Bonchev–Trinajstić information content (AvgIpc) is 3.23. The maximum absolute atomic E-state index is 12.5. The number of rotatable bonds is 5. The van der Waals surface area contributed by atoms with Gasteiger partial charge in [0.2, 0.25) is 11.8 Å². The lowest BCUT2D eigenvalue weighted by molar-refractivity contribution is -0.122. The van der Waals surface area contributed by atoms with Crippen LogP contribution in [-0.4, -0.2) is 35.9 Å². The molecule has 0 saturated carbocycles. The molecule has 1 fully saturated rings. The SMILES string of the molecule is CCOC(=O)c1csc(NC(=O)[C@@H]2CC(=O)N(c3ccc(C)cc3)C2)n1. The van der Waals surface area contributed by atoms with Crippen LogP contribution in [0.25, 0.3) is 0 Å². The number of ether oxygens (including phenoxy) is 1. The zero-order valence-corrected chi connectivity index (χ0v) is 15.3. The Morgan fingerprint density at radius 3 is 2.77 bits per heavy atom. The van der Waals surface area contributed by atoms with Crippen LogP contribution in [0.1, 0.15) is 29.4 Å². The first-order chi connectivity index (χ1) is 12.5. The molecule has 0 spiro atoms. The summed E-state index contributed by atoms with van der Waals surface area (Å²) in [6.07, 6.45) is 0.149. The standard InChI is InChI=1S/C18H19N3O4S/c1-3-25-17(24)14-10-26-18(19-14)20-16(23)12-8-15(22)21(9-12)13-6-4-11(2)5-7-13/h4-7,10,12H,3,8-9H2,1-2H3,(H,19,20,23)/t12-/m1/s1. The molecule has 1 saturated heterocycles. The Morgan fingerprint density at radius 2 is 2.08 bits per heavy atom. The van der Waals surface area contributed by atoms with E-state index in [0.29, 0.717) is 11.7 Å². The summed E-state index contributed by atoms with van der Waals surface area (Å²) in [6, 6.07) is 7.62. The number of aryl methyl sites for hydroxylation is 1. The number of carbonyl (C=O) groups is 3. The normalized spacial score (nSPS) is 16.6. The molecule has 136 valence electrons. The van der Waals surface area contributed by atoms with E-state index in [1.807, 2.05) is 31.2 Å². The van der Waals surface area contributed by atoms with Gasteiger partial charge in [0.1, 0.15) is 0 Å². The van der Waals surface area contributed by atoms with Crippen molar-refractivity contribution in [3.8, 4) is 0 Å². The summed E-state index contributed by atoms with van der Waals surface area (Å²) in [5, 5.41) is 4.54. The predicted molar refractivity (Wildman–Crippen MR) is 98.3 cm³/mol. The minimum absolute atomic E-state index is 0.0830. The quantitative estimate of drug-likeness (QED) is 0.814. The number of thiazole rings is 1. The van der Waals surface area contributed by atoms with Gasteiger partial charge in [0, 0.05) is 24.0 Å². The van der Waals surface area contributed by atoms with Crippen LogP contribution in [-0.2, 0) is 14.3 Å². The maximum atomic E-state index is 12.5. The van der Waals surface area contributed by atoms with Crippen LogP contribution in [0, 0.1) is 12.8 Å². The zero-order valence-electron chi connectivity index (χ0n) is 14.5. The van der Waals surface area contributed by atoms with E-state index in [4.69, 9.17) is 4.74 Å². The molecular formula is C18H19N3O4S. The fourth-order valence-electron chi connectivity index (χ4n) is 2.69. The summed E-state index contributed by atoms with van der Waals surface area (Å²) in [5.74, 6) is -1.34. The van der Waals surface area contributed by atoms with Gasteiger partial charge in [-0.15, -0.1) is 11.3 Å². The van der Waals surface area contributed by atoms with E-state index >= 15 is 0 Å². The van der Waals surface area contributed by atoms with Crippen LogP contribution in [0.5, 0.6) is 0 Å². The van der Waals surface area contributed by atoms with Gasteiger partial charge in [0.15, 0.2) is 10.8 Å². The Balaban J connectivity index is 1.63. The molecule has 8 heteroatoms. The van der Waals surface area contributed by atoms with E-state index in [1.54, 1.807) is 11.8 Å². The fraction of sp³-hybridized carbons (Fsp3) is 0.333. The van der Waals surface area contributed by atoms with Gasteiger partial charge >= 0.3 is 5.97 Å². The van der Waals surface area contributed by atoms with E-state index < -0.39 is 11.9 Å². The fourth-order valence-corrected chi connectivity index (χ4v) is 3.38. The predicted octanol–water partition coefficient (Wildman–Crippen LogP) is 2.62. The number of amides is 2. The van der Waals surface area contributed by atoms with Gasteiger partial charge in [-0.1, -0.05) is 17.7 Å². The van der Waals surface area contributed by atoms with Crippen LogP contribution in [0.3, 0.4) is 0 Å². The molecule has 2 amide bonds. The van der Waals surface area contributed by atoms with Crippen molar-refractivity contribution in [2.75, 3.05) is 23.4 Å². The molecule has 2 aromatic rings. The number of benzene rings is 1. The lowest BCUT2D eigenvalue weighted by atomic mass is 10.1. The molecule has 7 nitrogen and oxygen atoms in total. The third kappa shape index (κ3) is 3.91. The van der Waals surface area contributed by atoms with E-state index in [1.165, 1.54) is 5.38 Å². The van der Waals surface area contributed by atoms with E-state index in [9.17, 15) is 14.4 Å². The Labute approximate surface area is 155 Å². The number of esters is 1. The summed E-state index contributed by atoms with van der Waals surface area (Å²) in [5.41, 5.74) is 2.06. The van der Waals surface area contributed by atoms with Gasteiger partial charge < -0.3 is 15.0 Å². The van der Waals surface area contributed by atoms with Crippen molar-refractivity contribution in [2.24, 2.45) is 5.92 Å². The summed E-state index contributed by atoms with van der Waals surface area (Å²) in [7, 11) is 0. The number of nitrogens with zero attached hydrogens (tertiary/aromatic N) is 2. The summed E-state index contributed by atoms with van der Waals surface area (Å²) < 4.78 is 4.87. The summed E-state index contributed by atoms with van der Waals surface area (Å²) >= 11 is 1.15. The molecule has 0 bridgehead atoms. The molecule has 1 aromatic heterocycles. The second-order valence-corrected chi connectivity index (χ2v) is 6.85. The minimum Gasteiger partial charge on any atom is -0.461 e. The van der Waals surface area contributed by atoms with Crippen LogP contribution < -0.4 is 10.2 Å². The Bertz CT molecular complexity index is 831. The molecular weight excluding hydrogens is 354 g/mol. The zero-order chi connectivity index (χ0) is 18.7. The highest BCUT2D eigenvalue weighted by atomic mass is 32.1. The van der Waals surface area contributed by atoms with E-state index in [2.05, 4.69) is 10.3 Å². The molecule has 1 aliphatic heterocycles. The molecule has 1 N–H and O–H groups in total. The van der Waals surface area contributed by atoms with Gasteiger partial charge in [-0.3, -0.25) is 9.59 Å². The first kappa shape index (κ1) is 18.1. The van der Waals surface area contributed by atoms with Crippen LogP contribution >= 0.6 is 11.3 Å². The molecule has 0 aliphatic carbocycles. The van der Waals surface area contributed by atoms with Crippen molar-refractivity contribution in [1.82, 2.24) is 4.98 Å². The first-order valence-electron chi connectivity index (χ1n) is 8.28. The lowest BCUT2D eigenvalue weighted by Crippen LogP contribution is -2.28. The monoisotopic (exact) mass is 373 g/mol. The largest absolute Gasteiger partial charge is 0.461 e. The third-order valence-corrected chi connectivity index (χ3v) is 4.82. The molecule has 0 unspecified atom stereocenters. The van der Waals surface area contributed by atoms with Crippen molar-refractivity contribution >= 4 is 39.9 Å². The molecule has 1 atom stereocenters. The molecule has 26 heavy (non-hydrogen) atoms. The summed E-state index contributed by atoms with van der Waals surface area (Å²) in [6.45, 7) is 4.27. The van der Waals surface area contributed by atoms with Crippen molar-refractivity contribution < 1.29 is 19.1 Å². The summed E-state index contributed by atoms with van der Waals surface area (Å²) in [4.78, 5) is 42.0. The van der Waals surface area contributed by atoms with Crippen LogP contribution in [0.4, 0.5) is 10.8 Å². The van der Waals surface area contributed by atoms with Gasteiger partial charge in [-0.25, -0.2) is 9.78 Å². The Hall–Kier alpha value is -2.74. The van der Waals surface area contributed by atoms with Gasteiger partial charge in [0.05, 0.1) is 12.5 Å². The van der Waals surface area contributed by atoms with Crippen molar-refractivity contribution in [3.05, 3.63) is 40.9 Å². The van der Waals surface area contributed by atoms with Crippen molar-refractivity contribution in [1.29, 1.82) is 0 Å². The molecule has 1 aromatic carbocycles. The van der Waals surface area contributed by atoms with Gasteiger partial charge in [-0.05, 0) is 26.0 Å². The molecule has 1 aliphatic rings.